The van der Waals surface area contributed by atoms with E-state index >= 15 is 0 Å². The van der Waals surface area contributed by atoms with Gasteiger partial charge in [-0.1, -0.05) is 6.58 Å². The van der Waals surface area contributed by atoms with E-state index in [9.17, 15) is 13.2 Å². The Kier molecular flexibility index (Phi) is 9.73. The average molecular weight is 283 g/mol. The van der Waals surface area contributed by atoms with Gasteiger partial charge in [-0.05, 0) is 35.0 Å². The Morgan fingerprint density at radius 3 is 1.94 bits per heavy atom. The fraction of sp³-hybridized carbons (Fsp3) is 0.700. The van der Waals surface area contributed by atoms with E-state index in [0.29, 0.717) is 0 Å². The summed E-state index contributed by atoms with van der Waals surface area (Å²) in [5, 5.41) is 0. The number of carbonyl (C=O) groups is 1. The minimum atomic E-state index is -4.10. The molecule has 1 unspecified atom stereocenters. The third-order valence-electron chi connectivity index (χ3n) is 1.08. The smallest absolute Gasteiger partial charge is 0.402 e. The molecule has 0 radical (unpaired) electrons. The van der Waals surface area contributed by atoms with Gasteiger partial charge in [-0.15, -0.1) is 0 Å². The standard InChI is InChI=1S/C7H12O6S.C3H9N/c1-5(2)7(8)12-6(3)13-14(9,10)11-4;1-4(2)3/h6H,1H2,2-4H3;1-3H3. The number of carbonyl (C=O) groups excluding carboxylic acids is 1. The Balaban J connectivity index is 0. The van der Waals surface area contributed by atoms with Gasteiger partial charge in [0.25, 0.3) is 0 Å². The second-order valence-corrected chi connectivity index (χ2v) is 5.11. The molecular formula is C10H21NO6S. The summed E-state index contributed by atoms with van der Waals surface area (Å²) in [7, 11) is 2.84. The van der Waals surface area contributed by atoms with Crippen molar-refractivity contribution in [1.82, 2.24) is 4.90 Å². The number of nitrogens with zero attached hydrogens (tertiary/aromatic N) is 1. The van der Waals surface area contributed by atoms with Crippen LogP contribution >= 0.6 is 0 Å². The molecule has 1 atom stereocenters. The monoisotopic (exact) mass is 283 g/mol. The minimum Gasteiger partial charge on any atom is -0.431 e. The highest BCUT2D eigenvalue weighted by atomic mass is 32.3. The molecule has 8 heteroatoms. The zero-order valence-corrected chi connectivity index (χ0v) is 12.4. The maximum Gasteiger partial charge on any atom is 0.402 e. The number of rotatable bonds is 5. The van der Waals surface area contributed by atoms with E-state index in [4.69, 9.17) is 0 Å². The topological polar surface area (TPSA) is 82.1 Å². The first-order valence-electron chi connectivity index (χ1n) is 4.98. The first-order chi connectivity index (χ1) is 8.01. The zero-order chi connectivity index (χ0) is 14.9. The molecule has 0 bridgehead atoms. The molecule has 0 spiro atoms. The van der Waals surface area contributed by atoms with Crippen LogP contribution in [-0.4, -0.2) is 53.8 Å². The average Bonchev–Trinajstić information content (AvgIpc) is 2.15. The molecule has 0 fully saturated rings. The van der Waals surface area contributed by atoms with Crippen molar-refractivity contribution in [3.05, 3.63) is 12.2 Å². The summed E-state index contributed by atoms with van der Waals surface area (Å²) in [6.07, 6.45) is -1.25. The largest absolute Gasteiger partial charge is 0.431 e. The lowest BCUT2D eigenvalue weighted by Crippen LogP contribution is -2.22. The highest BCUT2D eigenvalue weighted by molar-refractivity contribution is 7.81. The Morgan fingerprint density at radius 1 is 1.28 bits per heavy atom. The predicted octanol–water partition coefficient (Wildman–Crippen LogP) is 0.537. The molecule has 0 aliphatic heterocycles. The van der Waals surface area contributed by atoms with Gasteiger partial charge in [0.1, 0.15) is 0 Å². The van der Waals surface area contributed by atoms with Crippen LogP contribution in [0.1, 0.15) is 13.8 Å². The fourth-order valence-corrected chi connectivity index (χ4v) is 0.926. The zero-order valence-electron chi connectivity index (χ0n) is 11.6. The molecule has 18 heavy (non-hydrogen) atoms. The van der Waals surface area contributed by atoms with Gasteiger partial charge in [0.05, 0.1) is 7.11 Å². The molecule has 0 aliphatic rings. The number of hydrogen-bond acceptors (Lipinski definition) is 7. The van der Waals surface area contributed by atoms with Crippen molar-refractivity contribution < 1.29 is 26.3 Å². The van der Waals surface area contributed by atoms with Gasteiger partial charge in [-0.25, -0.2) is 8.98 Å². The summed E-state index contributed by atoms with van der Waals surface area (Å²) in [6, 6.07) is 0. The van der Waals surface area contributed by atoms with E-state index in [0.717, 1.165) is 7.11 Å². The van der Waals surface area contributed by atoms with Gasteiger partial charge in [-0.3, -0.25) is 4.18 Å². The SMILES string of the molecule is C=C(C)C(=O)OC(C)OS(=O)(=O)OC.CN(C)C. The summed E-state index contributed by atoms with van der Waals surface area (Å²) in [5.74, 6) is -0.733. The highest BCUT2D eigenvalue weighted by Crippen LogP contribution is 2.04. The van der Waals surface area contributed by atoms with Crippen molar-refractivity contribution in [3.63, 3.8) is 0 Å². The molecular weight excluding hydrogens is 262 g/mol. The van der Waals surface area contributed by atoms with Crippen LogP contribution in [0.25, 0.3) is 0 Å². The van der Waals surface area contributed by atoms with Crippen LogP contribution in [0.4, 0.5) is 0 Å². The Bertz CT molecular complexity index is 360. The van der Waals surface area contributed by atoms with Crippen molar-refractivity contribution in [2.24, 2.45) is 0 Å². The summed E-state index contributed by atoms with van der Waals surface area (Å²) >= 11 is 0. The third-order valence-corrected chi connectivity index (χ3v) is 1.99. The third kappa shape index (κ3) is 13.1. The quantitative estimate of drug-likeness (QED) is 0.413. The molecule has 108 valence electrons. The van der Waals surface area contributed by atoms with Crippen molar-refractivity contribution in [3.8, 4) is 0 Å². The number of hydrogen-bond donors (Lipinski definition) is 0. The normalized spacial score (nSPS) is 12.4. The first kappa shape index (κ1) is 19.4. The van der Waals surface area contributed by atoms with Crippen LogP contribution in [-0.2, 0) is 28.3 Å². The summed E-state index contributed by atoms with van der Waals surface area (Å²) < 4.78 is 34.2. The van der Waals surface area contributed by atoms with Crippen LogP contribution in [0.15, 0.2) is 12.2 Å². The minimum absolute atomic E-state index is 0.148. The molecule has 0 aliphatic carbocycles. The molecule has 0 amide bonds. The van der Waals surface area contributed by atoms with E-state index in [-0.39, 0.29) is 5.57 Å². The maximum atomic E-state index is 10.9. The van der Waals surface area contributed by atoms with Gasteiger partial charge in [0, 0.05) is 5.57 Å². The van der Waals surface area contributed by atoms with E-state index in [1.165, 1.54) is 13.8 Å². The molecule has 0 aromatic rings. The van der Waals surface area contributed by atoms with Crippen molar-refractivity contribution in [2.45, 2.75) is 20.1 Å². The fourth-order valence-electron chi connectivity index (χ4n) is 0.476. The first-order valence-corrected chi connectivity index (χ1v) is 6.31. The lowest BCUT2D eigenvalue weighted by atomic mass is 10.4. The molecule has 0 aromatic heterocycles. The van der Waals surface area contributed by atoms with Crippen LogP contribution < -0.4 is 0 Å². The Labute approximate surface area is 109 Å². The van der Waals surface area contributed by atoms with Crippen LogP contribution in [0.3, 0.4) is 0 Å². The summed E-state index contributed by atoms with van der Waals surface area (Å²) in [5.41, 5.74) is 0.148. The van der Waals surface area contributed by atoms with Gasteiger partial charge in [0.2, 0.25) is 6.29 Å². The second kappa shape index (κ2) is 9.03. The summed E-state index contributed by atoms with van der Waals surface area (Å²) in [4.78, 5) is 12.9. The van der Waals surface area contributed by atoms with Crippen molar-refractivity contribution in [1.29, 1.82) is 0 Å². The summed E-state index contributed by atoms with van der Waals surface area (Å²) in [6.45, 7) is 5.99. The number of ether oxygens (including phenoxy) is 1. The molecule has 0 saturated heterocycles. The van der Waals surface area contributed by atoms with Gasteiger partial charge in [-0.2, -0.15) is 8.42 Å². The van der Waals surface area contributed by atoms with Crippen LogP contribution in [0.2, 0.25) is 0 Å². The molecule has 0 aromatic carbocycles. The van der Waals surface area contributed by atoms with E-state index in [2.05, 4.69) is 19.7 Å². The van der Waals surface area contributed by atoms with Gasteiger partial charge >= 0.3 is 16.4 Å². The Morgan fingerprint density at radius 2 is 1.67 bits per heavy atom. The molecule has 0 heterocycles. The van der Waals surface area contributed by atoms with E-state index < -0.39 is 22.7 Å². The maximum absolute atomic E-state index is 10.9. The van der Waals surface area contributed by atoms with Gasteiger partial charge in [0.15, 0.2) is 0 Å². The number of esters is 1. The molecule has 0 saturated carbocycles. The second-order valence-electron chi connectivity index (χ2n) is 3.77. The predicted molar refractivity (Wildman–Crippen MR) is 67.0 cm³/mol. The van der Waals surface area contributed by atoms with Gasteiger partial charge < -0.3 is 9.64 Å². The van der Waals surface area contributed by atoms with Crippen LogP contribution in [0.5, 0.6) is 0 Å². The van der Waals surface area contributed by atoms with Crippen LogP contribution in [0, 0.1) is 0 Å². The molecule has 0 rings (SSSR count). The highest BCUT2D eigenvalue weighted by Gasteiger charge is 2.18. The van der Waals surface area contributed by atoms with Crippen molar-refractivity contribution in [2.75, 3.05) is 28.3 Å². The lowest BCUT2D eigenvalue weighted by molar-refractivity contribution is -0.156. The van der Waals surface area contributed by atoms with Crippen molar-refractivity contribution >= 4 is 16.4 Å². The molecule has 7 nitrogen and oxygen atoms in total. The lowest BCUT2D eigenvalue weighted by Gasteiger charge is -2.12. The van der Waals surface area contributed by atoms with E-state index in [1.807, 2.05) is 26.0 Å². The Hall–Kier alpha value is -0.960. The molecule has 0 N–H and O–H groups in total. The van der Waals surface area contributed by atoms with E-state index in [1.54, 1.807) is 0 Å².